The molecule has 14 fully saturated rings. The molecule has 14 aliphatic rings. The average Bonchev–Trinajstić information content (AvgIpc) is 3.12. The van der Waals surface area contributed by atoms with E-state index in [1.165, 1.54) is 86.0 Å². The zero-order valence-corrected chi connectivity index (χ0v) is 38.2. The second kappa shape index (κ2) is 12.3. The first kappa shape index (κ1) is 37.9. The maximum absolute atomic E-state index is 3.79. The van der Waals surface area contributed by atoms with Gasteiger partial charge in [-0.05, 0) is 201 Å². The summed E-state index contributed by atoms with van der Waals surface area (Å²) in [6.07, 6.45) is 53.7. The Kier molecular flexibility index (Phi) is 8.49. The molecular formula is C53H68Br2. The van der Waals surface area contributed by atoms with Crippen LogP contribution in [0.15, 0.2) is 106 Å². The Morgan fingerprint density at radius 1 is 0.473 bits per heavy atom. The molecule has 2 heteroatoms. The fraction of sp³-hybridized carbons (Fsp3) is 0.660. The molecule has 0 aromatic carbocycles. The van der Waals surface area contributed by atoms with Crippen molar-refractivity contribution in [3.63, 3.8) is 0 Å². The highest BCUT2D eigenvalue weighted by molar-refractivity contribution is 9.12. The first-order valence-electron chi connectivity index (χ1n) is 22.5. The number of hydrogen-bond donors (Lipinski definition) is 0. The number of hydrogen-bond acceptors (Lipinski definition) is 0. The van der Waals surface area contributed by atoms with Crippen molar-refractivity contribution >= 4 is 31.9 Å². The van der Waals surface area contributed by atoms with Crippen LogP contribution in [0.1, 0.15) is 126 Å². The normalized spacial score (nSPS) is 55.7. The van der Waals surface area contributed by atoms with E-state index in [0.29, 0.717) is 43.3 Å². The Hall–Kier alpha value is -1.38. The molecule has 14 saturated carbocycles. The van der Waals surface area contributed by atoms with Crippen LogP contribution in [-0.4, -0.2) is 0 Å². The average molecular weight is 865 g/mol. The van der Waals surface area contributed by atoms with Crippen molar-refractivity contribution in [3.05, 3.63) is 106 Å². The minimum atomic E-state index is 0.328. The van der Waals surface area contributed by atoms with Gasteiger partial charge < -0.3 is 0 Å². The minimum Gasteiger partial charge on any atom is -0.0865 e. The lowest BCUT2D eigenvalue weighted by Gasteiger charge is -2.82. The van der Waals surface area contributed by atoms with Crippen molar-refractivity contribution in [1.29, 1.82) is 0 Å². The summed E-state index contributed by atoms with van der Waals surface area (Å²) in [4.78, 5) is 0. The monoisotopic (exact) mass is 862 g/mol. The van der Waals surface area contributed by atoms with E-state index < -0.39 is 0 Å². The van der Waals surface area contributed by atoms with Gasteiger partial charge in [-0.25, -0.2) is 0 Å². The minimum absolute atomic E-state index is 0.328. The lowest BCUT2D eigenvalue weighted by atomic mass is 9.22. The fourth-order valence-electron chi connectivity index (χ4n) is 19.3. The molecule has 16 bridgehead atoms. The van der Waals surface area contributed by atoms with Gasteiger partial charge in [0.2, 0.25) is 0 Å². The molecule has 14 rings (SSSR count). The zero-order valence-electron chi connectivity index (χ0n) is 35.0. The van der Waals surface area contributed by atoms with Gasteiger partial charge in [0.05, 0.1) is 0 Å². The summed E-state index contributed by atoms with van der Waals surface area (Å²) in [5.41, 5.74) is 5.23. The van der Waals surface area contributed by atoms with E-state index in [0.717, 1.165) is 47.3 Å². The molecule has 0 saturated heterocycles. The van der Waals surface area contributed by atoms with Gasteiger partial charge >= 0.3 is 0 Å². The van der Waals surface area contributed by atoms with Gasteiger partial charge in [0, 0.05) is 14.4 Å². The Morgan fingerprint density at radius 3 is 1.49 bits per heavy atom. The molecule has 0 N–H and O–H groups in total. The fourth-order valence-corrected chi connectivity index (χ4v) is 20.1. The zero-order chi connectivity index (χ0) is 38.4. The summed E-state index contributed by atoms with van der Waals surface area (Å²) in [6.45, 7) is 17.5. The maximum atomic E-state index is 3.79. The largest absolute Gasteiger partial charge is 0.0865 e. The summed E-state index contributed by atoms with van der Waals surface area (Å²) in [5.74, 6) is 6.85. The van der Waals surface area contributed by atoms with Crippen LogP contribution < -0.4 is 0 Å². The topological polar surface area (TPSA) is 0 Å². The Balaban J connectivity index is 0.974. The summed E-state index contributed by atoms with van der Waals surface area (Å²) in [7, 11) is 0. The summed E-state index contributed by atoms with van der Waals surface area (Å²) < 4.78 is 2.35. The SMILES string of the molecule is C\C=C/C(Br)=C\C=C\C12CC3C4CC5(C)CC(C(C1)C3(/C=C/C=C\C(=C/C)C13CC6(/C=C/C=C(Br)\C=C/C)CC7C1CC1(C)CC3C(C6)C7(C)C1)C5)C4(C)C2. The van der Waals surface area contributed by atoms with Crippen molar-refractivity contribution in [2.75, 3.05) is 0 Å². The predicted molar refractivity (Wildman–Crippen MR) is 239 cm³/mol. The third-order valence-electron chi connectivity index (χ3n) is 20.0. The molecule has 0 radical (unpaired) electrons. The van der Waals surface area contributed by atoms with Crippen molar-refractivity contribution < 1.29 is 0 Å². The Morgan fingerprint density at radius 2 is 0.945 bits per heavy atom. The van der Waals surface area contributed by atoms with Crippen LogP contribution in [0.25, 0.3) is 0 Å². The van der Waals surface area contributed by atoms with E-state index in [-0.39, 0.29) is 0 Å². The molecule has 14 aliphatic carbocycles. The van der Waals surface area contributed by atoms with E-state index >= 15 is 0 Å². The highest BCUT2D eigenvalue weighted by atomic mass is 79.9. The van der Waals surface area contributed by atoms with Gasteiger partial charge in [0.25, 0.3) is 0 Å². The van der Waals surface area contributed by atoms with Crippen molar-refractivity contribution in [3.8, 4) is 0 Å². The van der Waals surface area contributed by atoms with E-state index in [1.807, 2.05) is 0 Å². The first-order valence-corrected chi connectivity index (χ1v) is 24.1. The molecule has 0 aromatic rings. The van der Waals surface area contributed by atoms with Crippen LogP contribution in [0.5, 0.6) is 0 Å². The highest BCUT2D eigenvalue weighted by Gasteiger charge is 2.79. The molecule has 55 heavy (non-hydrogen) atoms. The molecule has 0 amide bonds. The smallest absolute Gasteiger partial charge is 0.0171 e. The number of rotatable bonds is 10. The predicted octanol–water partition coefficient (Wildman–Crippen LogP) is 15.6. The van der Waals surface area contributed by atoms with Crippen molar-refractivity contribution in [2.24, 2.45) is 90.7 Å². The first-order chi connectivity index (χ1) is 26.1. The van der Waals surface area contributed by atoms with Gasteiger partial charge in [-0.1, -0.05) is 139 Å². The number of allylic oxidation sites excluding steroid dienone is 18. The van der Waals surface area contributed by atoms with Gasteiger partial charge in [0.15, 0.2) is 0 Å². The van der Waals surface area contributed by atoms with Gasteiger partial charge in [-0.3, -0.25) is 0 Å². The third-order valence-corrected chi connectivity index (χ3v) is 21.1. The molecule has 0 nitrogen and oxygen atoms in total. The van der Waals surface area contributed by atoms with Crippen LogP contribution in [-0.2, 0) is 0 Å². The quantitative estimate of drug-likeness (QED) is 0.192. The van der Waals surface area contributed by atoms with Crippen molar-refractivity contribution in [1.82, 2.24) is 0 Å². The summed E-state index contributed by atoms with van der Waals surface area (Å²) in [5, 5.41) is 0. The second-order valence-electron chi connectivity index (χ2n) is 23.0. The van der Waals surface area contributed by atoms with E-state index in [1.54, 1.807) is 5.57 Å². The van der Waals surface area contributed by atoms with Gasteiger partial charge in [0.1, 0.15) is 0 Å². The standard InChI is InChI=1S/C53H68Br2/c1-8-15-36(54)18-13-20-50-29-42-38-23-47(5)24-39(49(38,7)33-50)43(30-50)52(42,32-47)22-12-11-17-35(10-3)53-34-51(21-14-19-37(55)16-9-2)27-40-44(53)25-46(4)26-45(53)41(28-51)48(40,6)31-46/h8-22,38-45H,23-34H2,1-7H3/b15-8-,16-9-,17-11-,20-13+,21-14+,22-12+,35-10+,36-18+,37-19+. The molecule has 0 aliphatic heterocycles. The van der Waals surface area contributed by atoms with Crippen LogP contribution in [0.2, 0.25) is 0 Å². The lowest BCUT2D eigenvalue weighted by molar-refractivity contribution is -0.312. The van der Waals surface area contributed by atoms with Crippen LogP contribution in [0, 0.1) is 90.7 Å². The second-order valence-corrected chi connectivity index (χ2v) is 24.8. The summed E-state index contributed by atoms with van der Waals surface area (Å²) >= 11 is 7.55. The molecular weight excluding hydrogens is 796 g/mol. The lowest BCUT2D eigenvalue weighted by Crippen LogP contribution is -2.75. The van der Waals surface area contributed by atoms with Gasteiger partial charge in [-0.2, -0.15) is 0 Å². The Labute approximate surface area is 351 Å². The molecule has 294 valence electrons. The highest BCUT2D eigenvalue weighted by Crippen LogP contribution is 2.87. The van der Waals surface area contributed by atoms with Gasteiger partial charge in [-0.15, -0.1) is 0 Å². The molecule has 0 aromatic heterocycles. The van der Waals surface area contributed by atoms with Crippen molar-refractivity contribution in [2.45, 2.75) is 126 Å². The molecule has 8 unspecified atom stereocenters. The molecule has 0 spiro atoms. The maximum Gasteiger partial charge on any atom is 0.0171 e. The van der Waals surface area contributed by atoms with Crippen LogP contribution in [0.4, 0.5) is 0 Å². The molecule has 8 atom stereocenters. The van der Waals surface area contributed by atoms with E-state index in [2.05, 4.69) is 171 Å². The third kappa shape index (κ3) is 5.10. The van der Waals surface area contributed by atoms with E-state index in [4.69, 9.17) is 0 Å². The number of halogens is 2. The van der Waals surface area contributed by atoms with E-state index in [9.17, 15) is 0 Å². The summed E-state index contributed by atoms with van der Waals surface area (Å²) in [6, 6.07) is 0. The van der Waals surface area contributed by atoms with Crippen LogP contribution in [0.3, 0.4) is 0 Å². The van der Waals surface area contributed by atoms with Crippen LogP contribution >= 0.6 is 31.9 Å². The Bertz CT molecular complexity index is 1870. The molecule has 0 heterocycles.